The molecule has 0 N–H and O–H groups in total. The van der Waals surface area contributed by atoms with Gasteiger partial charge >= 0.3 is 35.4 Å². The Kier molecular flexibility index (Phi) is 35.3. The number of rotatable bonds is 0. The molecule has 0 unspecified atom stereocenters. The van der Waals surface area contributed by atoms with Crippen LogP contribution in [0.4, 0.5) is 0 Å². The molecule has 0 aromatic rings. The average molecular weight is 420 g/mol. The molecule has 0 aromatic carbocycles. The van der Waals surface area contributed by atoms with Crippen LogP contribution >= 0.6 is 0 Å². The maximum absolute atomic E-state index is 7.55. The molecule has 51 valence electrons. The van der Waals surface area contributed by atoms with Gasteiger partial charge in [0.2, 0.25) is 0 Å². The Labute approximate surface area is 79.4 Å². The standard InChI is InChI=1S/2CN.Ag.Au.Cu/c2*1-2;;;. The third-order valence-electron chi connectivity index (χ3n) is 0.0674. The Bertz CT molecular complexity index is 80.8. The predicted molar refractivity (Wildman–Crippen MR) is 11.2 cm³/mol. The van der Waals surface area contributed by atoms with Crippen molar-refractivity contribution in [2.75, 3.05) is 0 Å². The molecule has 2 radical (unpaired) electrons. The van der Waals surface area contributed by atoms with E-state index in [0.29, 0.717) is 15.0 Å². The molecule has 0 aliphatic rings. The van der Waals surface area contributed by atoms with E-state index in [4.69, 9.17) is 10.5 Å². The Morgan fingerprint density at radius 1 is 1.14 bits per heavy atom. The Balaban J connectivity index is -0.0000000800. The Morgan fingerprint density at radius 3 is 1.43 bits per heavy atom. The van der Waals surface area contributed by atoms with Crippen molar-refractivity contribution in [2.45, 2.75) is 0 Å². The molecule has 0 aliphatic carbocycles. The van der Waals surface area contributed by atoms with E-state index in [0.717, 1.165) is 0 Å². The molecule has 0 heterocycles. The van der Waals surface area contributed by atoms with Crippen molar-refractivity contribution in [3.8, 4) is 9.94 Å². The fourth-order valence-electron chi connectivity index (χ4n) is 0.0151. The summed E-state index contributed by atoms with van der Waals surface area (Å²) in [5, 5.41) is 15.1. The molecule has 2 nitrogen and oxygen atoms in total. The van der Waals surface area contributed by atoms with Crippen molar-refractivity contribution < 1.29 is 59.7 Å². The number of nitriles is 2. The monoisotopic (exact) mass is 419 g/mol. The maximum Gasteiger partial charge on any atom is 0 e. The summed E-state index contributed by atoms with van der Waals surface area (Å²) in [4.78, 5) is 3.12. The third kappa shape index (κ3) is 19.5. The van der Waals surface area contributed by atoms with Crippen LogP contribution in [0.1, 0.15) is 0 Å². The fraction of sp³-hybridized carbons (Fsp3) is 0. The van der Waals surface area contributed by atoms with E-state index in [9.17, 15) is 0 Å². The fourth-order valence-corrected chi connectivity index (χ4v) is 0.0622. The Hall–Kier alpha value is 0.980. The van der Waals surface area contributed by atoms with Crippen LogP contribution in [-0.4, -0.2) is 0 Å². The van der Waals surface area contributed by atoms with Crippen LogP contribution in [0.25, 0.3) is 0 Å². The summed E-state index contributed by atoms with van der Waals surface area (Å²) in [5.74, 6) is 0. The normalized spacial score (nSPS) is 3.71. The second-order valence-corrected chi connectivity index (χ2v) is 0.867. The van der Waals surface area contributed by atoms with Gasteiger partial charge in [0.1, 0.15) is 0 Å². The minimum absolute atomic E-state index is 0. The van der Waals surface area contributed by atoms with Crippen LogP contribution in [0.3, 0.4) is 0 Å². The topological polar surface area (TPSA) is 47.6 Å². The van der Waals surface area contributed by atoms with E-state index in [-0.39, 0.29) is 44.8 Å². The minimum atomic E-state index is 0. The zero-order valence-electron chi connectivity index (χ0n) is 2.80. The summed E-state index contributed by atoms with van der Waals surface area (Å²) in [6.45, 7) is 0. The predicted octanol–water partition coefficient (Wildman–Crippen LogP) is 0.0261. The molecule has 0 fully saturated rings. The van der Waals surface area contributed by atoms with Crippen LogP contribution in [0, 0.1) is 20.5 Å². The van der Waals surface area contributed by atoms with E-state index in [2.05, 4.69) is 0 Å². The largest absolute Gasteiger partial charge is 0 e. The Morgan fingerprint density at radius 2 is 1.43 bits per heavy atom. The molecular weight excluding hydrogens is 420 g/mol. The van der Waals surface area contributed by atoms with Gasteiger partial charge in [0.05, 0.1) is 0 Å². The molecule has 0 spiro atoms. The van der Waals surface area contributed by atoms with Gasteiger partial charge in [-0.1, -0.05) is 0 Å². The summed E-state index contributed by atoms with van der Waals surface area (Å²) in [5.41, 5.74) is 0. The van der Waals surface area contributed by atoms with Crippen molar-refractivity contribution in [1.82, 2.24) is 0 Å². The molecule has 0 rings (SSSR count). The van der Waals surface area contributed by atoms with Gasteiger partial charge in [0.25, 0.3) is 0 Å². The van der Waals surface area contributed by atoms with Gasteiger partial charge in [0, 0.05) is 44.8 Å². The van der Waals surface area contributed by atoms with E-state index >= 15 is 0 Å². The molecule has 7 heavy (non-hydrogen) atoms. The van der Waals surface area contributed by atoms with Gasteiger partial charge in [-0.15, -0.1) is 0 Å². The average Bonchev–Trinajstić information content (AvgIpc) is 1.41. The van der Waals surface area contributed by atoms with Crippen LogP contribution in [0.5, 0.6) is 0 Å². The van der Waals surface area contributed by atoms with Crippen molar-refractivity contribution in [3.05, 3.63) is 0 Å². The molecular formula is C2AgAuCuN2. The van der Waals surface area contributed by atoms with Gasteiger partial charge < -0.3 is 0 Å². The molecule has 0 bridgehead atoms. The van der Waals surface area contributed by atoms with Gasteiger partial charge in [-0.25, -0.2) is 0 Å². The van der Waals surface area contributed by atoms with Gasteiger partial charge in [-0.3, -0.25) is 0 Å². The van der Waals surface area contributed by atoms with Crippen molar-refractivity contribution >= 4 is 0 Å². The zero-order valence-corrected chi connectivity index (χ0v) is 7.39. The quantitative estimate of drug-likeness (QED) is 0.519. The molecule has 5 heteroatoms. The molecule has 0 atom stereocenters. The van der Waals surface area contributed by atoms with Crippen LogP contribution in [-0.2, 0) is 59.7 Å². The van der Waals surface area contributed by atoms with Crippen LogP contribution in [0.15, 0.2) is 0 Å². The summed E-state index contributed by atoms with van der Waals surface area (Å²) in [7, 11) is 0. The van der Waals surface area contributed by atoms with Gasteiger partial charge in [0.15, 0.2) is 0 Å². The zero-order chi connectivity index (χ0) is 4.12. The van der Waals surface area contributed by atoms with Crippen molar-refractivity contribution in [2.24, 2.45) is 0 Å². The summed E-state index contributed by atoms with van der Waals surface area (Å²) in [6, 6.07) is 0. The van der Waals surface area contributed by atoms with E-state index < -0.39 is 0 Å². The second-order valence-electron chi connectivity index (χ2n) is 0.210. The molecule has 0 saturated heterocycles. The van der Waals surface area contributed by atoms with Gasteiger partial charge in [-0.2, -0.15) is 0 Å². The molecule has 0 aliphatic heterocycles. The first-order valence-electron chi connectivity index (χ1n) is 0.749. The van der Waals surface area contributed by atoms with Crippen LogP contribution < -0.4 is 0 Å². The van der Waals surface area contributed by atoms with E-state index in [1.165, 1.54) is 0 Å². The first-order chi connectivity index (χ1) is 2.41. The molecule has 0 aromatic heterocycles. The van der Waals surface area contributed by atoms with Gasteiger partial charge in [-0.05, 0) is 0 Å². The summed E-state index contributed by atoms with van der Waals surface area (Å²) in [6.07, 6.45) is 0. The molecule has 0 amide bonds. The third-order valence-corrected chi connectivity index (χ3v) is 0.278. The smallest absolute Gasteiger partial charge is 0 e. The first-order valence-corrected chi connectivity index (χ1v) is 1.69. The summed E-state index contributed by atoms with van der Waals surface area (Å²) >= 11 is 0.646. The van der Waals surface area contributed by atoms with E-state index in [1.54, 1.807) is 9.94 Å². The number of hydrogen-bond donors (Lipinski definition) is 0. The molecule has 0 saturated carbocycles. The minimum Gasteiger partial charge on any atom is 0 e. The van der Waals surface area contributed by atoms with Crippen molar-refractivity contribution in [3.63, 3.8) is 0 Å². The summed E-state index contributed by atoms with van der Waals surface area (Å²) < 4.78 is 0. The van der Waals surface area contributed by atoms with Crippen molar-refractivity contribution in [1.29, 1.82) is 10.5 Å². The van der Waals surface area contributed by atoms with Crippen LogP contribution in [0.2, 0.25) is 0 Å². The maximum atomic E-state index is 7.55. The number of nitrogens with zero attached hydrogens (tertiary/aromatic N) is 2. The number of hydrogen-bond acceptors (Lipinski definition) is 2. The SMILES string of the molecule is N#[C][Cu][C]#N.[Ag].[Au]. The second kappa shape index (κ2) is 15.8. The first kappa shape index (κ1) is 15.7. The van der Waals surface area contributed by atoms with E-state index in [1.807, 2.05) is 0 Å².